The van der Waals surface area contributed by atoms with E-state index < -0.39 is 0 Å². The van der Waals surface area contributed by atoms with Crippen LogP contribution in [0.5, 0.6) is 11.5 Å². The Morgan fingerprint density at radius 1 is 1.21 bits per heavy atom. The van der Waals surface area contributed by atoms with Crippen molar-refractivity contribution in [1.29, 1.82) is 5.26 Å². The van der Waals surface area contributed by atoms with Crippen molar-refractivity contribution in [3.8, 4) is 17.6 Å². The molecule has 1 amide bonds. The van der Waals surface area contributed by atoms with Crippen molar-refractivity contribution in [2.75, 3.05) is 31.6 Å². The molecule has 2 aromatic rings. The van der Waals surface area contributed by atoms with Crippen molar-refractivity contribution in [3.05, 3.63) is 52.5 Å². The number of nitrogens with zero attached hydrogens (tertiary/aromatic N) is 2. The number of hydrogen-bond donors (Lipinski definition) is 1. The SMILES string of the molecule is N#Cc1ccc(NC(=O)CN2CCC[C@H]2c2ccc3c(c2)OCCO3)cc1Cl. The number of fused-ring (bicyclic) bond motifs is 1. The number of rotatable bonds is 4. The molecule has 6 nitrogen and oxygen atoms in total. The molecule has 7 heteroatoms. The summed E-state index contributed by atoms with van der Waals surface area (Å²) in [6, 6.07) is 13.1. The van der Waals surface area contributed by atoms with Crippen LogP contribution < -0.4 is 14.8 Å². The predicted molar refractivity (Wildman–Crippen MR) is 106 cm³/mol. The van der Waals surface area contributed by atoms with Crippen molar-refractivity contribution >= 4 is 23.2 Å². The first kappa shape index (κ1) is 18.6. The van der Waals surface area contributed by atoms with Gasteiger partial charge >= 0.3 is 0 Å². The molecule has 0 bridgehead atoms. The van der Waals surface area contributed by atoms with Gasteiger partial charge < -0.3 is 14.8 Å². The van der Waals surface area contributed by atoms with E-state index in [4.69, 9.17) is 26.3 Å². The third-order valence-corrected chi connectivity index (χ3v) is 5.35. The number of benzene rings is 2. The highest BCUT2D eigenvalue weighted by molar-refractivity contribution is 6.32. The Labute approximate surface area is 168 Å². The second kappa shape index (κ2) is 8.09. The third kappa shape index (κ3) is 3.91. The van der Waals surface area contributed by atoms with Crippen molar-refractivity contribution in [1.82, 2.24) is 4.90 Å². The molecule has 0 unspecified atom stereocenters. The highest BCUT2D eigenvalue weighted by Crippen LogP contribution is 2.37. The summed E-state index contributed by atoms with van der Waals surface area (Å²) >= 11 is 6.04. The normalized spacial score (nSPS) is 18.5. The van der Waals surface area contributed by atoms with Gasteiger partial charge in [0.05, 0.1) is 17.1 Å². The van der Waals surface area contributed by atoms with Gasteiger partial charge in [-0.05, 0) is 55.3 Å². The molecule has 4 rings (SSSR count). The molecule has 28 heavy (non-hydrogen) atoms. The van der Waals surface area contributed by atoms with Crippen molar-refractivity contribution in [3.63, 3.8) is 0 Å². The zero-order chi connectivity index (χ0) is 19.5. The standard InChI is InChI=1S/C21H20ClN3O3/c22-17-11-16(5-3-15(17)12-23)24-21(26)13-25-7-1-2-18(25)14-4-6-19-20(10-14)28-9-8-27-19/h3-6,10-11,18H,1-2,7-9,13H2,(H,24,26)/t18-/m0/s1. The molecule has 0 spiro atoms. The summed E-state index contributed by atoms with van der Waals surface area (Å²) in [7, 11) is 0. The average Bonchev–Trinajstić information content (AvgIpc) is 3.15. The van der Waals surface area contributed by atoms with Crippen LogP contribution in [0.25, 0.3) is 0 Å². The molecule has 2 heterocycles. The van der Waals surface area contributed by atoms with E-state index in [0.29, 0.717) is 29.5 Å². The number of carbonyl (C=O) groups is 1. The Morgan fingerprint density at radius 3 is 2.82 bits per heavy atom. The lowest BCUT2D eigenvalue weighted by atomic mass is 10.0. The van der Waals surface area contributed by atoms with Gasteiger partial charge in [-0.1, -0.05) is 17.7 Å². The van der Waals surface area contributed by atoms with E-state index in [-0.39, 0.29) is 18.5 Å². The van der Waals surface area contributed by atoms with Crippen LogP contribution in [0.4, 0.5) is 5.69 Å². The molecule has 0 aliphatic carbocycles. The largest absolute Gasteiger partial charge is 0.486 e. The van der Waals surface area contributed by atoms with Crippen LogP contribution in [0.1, 0.15) is 30.0 Å². The van der Waals surface area contributed by atoms with E-state index >= 15 is 0 Å². The Bertz CT molecular complexity index is 941. The second-order valence-electron chi connectivity index (χ2n) is 6.89. The van der Waals surface area contributed by atoms with Crippen LogP contribution in [0.2, 0.25) is 5.02 Å². The summed E-state index contributed by atoms with van der Waals surface area (Å²) in [5.41, 5.74) is 2.11. The minimum absolute atomic E-state index is 0.106. The molecule has 0 radical (unpaired) electrons. The minimum Gasteiger partial charge on any atom is -0.486 e. The molecule has 0 aromatic heterocycles. The fourth-order valence-corrected chi connectivity index (χ4v) is 3.95. The first-order valence-corrected chi connectivity index (χ1v) is 9.65. The van der Waals surface area contributed by atoms with E-state index in [1.54, 1.807) is 18.2 Å². The number of nitrogens with one attached hydrogen (secondary N) is 1. The fraction of sp³-hybridized carbons (Fsp3) is 0.333. The van der Waals surface area contributed by atoms with E-state index in [9.17, 15) is 4.79 Å². The number of carbonyl (C=O) groups excluding carboxylic acids is 1. The Kier molecular flexibility index (Phi) is 5.38. The zero-order valence-corrected chi connectivity index (χ0v) is 16.0. The monoisotopic (exact) mass is 397 g/mol. The summed E-state index contributed by atoms with van der Waals surface area (Å²) in [4.78, 5) is 14.7. The first-order chi connectivity index (χ1) is 13.6. The lowest BCUT2D eigenvalue weighted by Crippen LogP contribution is -2.33. The molecule has 1 atom stereocenters. The first-order valence-electron chi connectivity index (χ1n) is 9.27. The van der Waals surface area contributed by atoms with Gasteiger partial charge in [0.1, 0.15) is 19.3 Å². The number of likely N-dealkylation sites (tertiary alicyclic amines) is 1. The molecule has 1 fully saturated rings. The lowest BCUT2D eigenvalue weighted by molar-refractivity contribution is -0.117. The lowest BCUT2D eigenvalue weighted by Gasteiger charge is -2.26. The fourth-order valence-electron chi connectivity index (χ4n) is 3.73. The molecular formula is C21H20ClN3O3. The van der Waals surface area contributed by atoms with Gasteiger partial charge in [0, 0.05) is 11.7 Å². The highest BCUT2D eigenvalue weighted by atomic mass is 35.5. The summed E-state index contributed by atoms with van der Waals surface area (Å²) in [6.07, 6.45) is 2.03. The highest BCUT2D eigenvalue weighted by Gasteiger charge is 2.28. The number of amides is 1. The maximum Gasteiger partial charge on any atom is 0.238 e. The topological polar surface area (TPSA) is 74.6 Å². The molecule has 2 aliphatic heterocycles. The van der Waals surface area contributed by atoms with Gasteiger partial charge in [-0.15, -0.1) is 0 Å². The van der Waals surface area contributed by atoms with Crippen LogP contribution in [0.15, 0.2) is 36.4 Å². The van der Waals surface area contributed by atoms with Crippen molar-refractivity contribution in [2.45, 2.75) is 18.9 Å². The maximum atomic E-state index is 12.5. The summed E-state index contributed by atoms with van der Waals surface area (Å²) in [5.74, 6) is 1.44. The maximum absolute atomic E-state index is 12.5. The molecule has 144 valence electrons. The van der Waals surface area contributed by atoms with Gasteiger partial charge in [0.15, 0.2) is 11.5 Å². The van der Waals surface area contributed by atoms with E-state index in [1.165, 1.54) is 0 Å². The minimum atomic E-state index is -0.106. The van der Waals surface area contributed by atoms with Gasteiger partial charge in [-0.2, -0.15) is 5.26 Å². The van der Waals surface area contributed by atoms with Crippen LogP contribution in [0, 0.1) is 11.3 Å². The van der Waals surface area contributed by atoms with Crippen LogP contribution in [-0.4, -0.2) is 37.1 Å². The van der Waals surface area contributed by atoms with E-state index in [1.807, 2.05) is 18.2 Å². The molecule has 2 aliphatic rings. The number of ether oxygens (including phenoxy) is 2. The third-order valence-electron chi connectivity index (χ3n) is 5.03. The number of anilines is 1. The number of nitriles is 1. The van der Waals surface area contributed by atoms with Gasteiger partial charge in [-0.25, -0.2) is 0 Å². The van der Waals surface area contributed by atoms with Gasteiger partial charge in [-0.3, -0.25) is 9.69 Å². The predicted octanol–water partition coefficient (Wildman–Crippen LogP) is 3.76. The Balaban J connectivity index is 1.43. The van der Waals surface area contributed by atoms with Crippen LogP contribution >= 0.6 is 11.6 Å². The summed E-state index contributed by atoms with van der Waals surface area (Å²) in [5, 5.41) is 12.1. The summed E-state index contributed by atoms with van der Waals surface area (Å²) in [6.45, 7) is 2.28. The van der Waals surface area contributed by atoms with E-state index in [0.717, 1.165) is 36.4 Å². The number of halogens is 1. The second-order valence-corrected chi connectivity index (χ2v) is 7.29. The quantitative estimate of drug-likeness (QED) is 0.850. The zero-order valence-electron chi connectivity index (χ0n) is 15.3. The average molecular weight is 398 g/mol. The smallest absolute Gasteiger partial charge is 0.238 e. The van der Waals surface area contributed by atoms with Gasteiger partial charge in [0.2, 0.25) is 5.91 Å². The van der Waals surface area contributed by atoms with Crippen LogP contribution in [-0.2, 0) is 4.79 Å². The molecular weight excluding hydrogens is 378 g/mol. The Morgan fingerprint density at radius 2 is 2.04 bits per heavy atom. The van der Waals surface area contributed by atoms with Crippen molar-refractivity contribution in [2.24, 2.45) is 0 Å². The molecule has 1 saturated heterocycles. The number of hydrogen-bond acceptors (Lipinski definition) is 5. The van der Waals surface area contributed by atoms with E-state index in [2.05, 4.69) is 16.3 Å². The van der Waals surface area contributed by atoms with Crippen molar-refractivity contribution < 1.29 is 14.3 Å². The Hall–Kier alpha value is -2.75. The molecule has 1 N–H and O–H groups in total. The van der Waals surface area contributed by atoms with Crippen LogP contribution in [0.3, 0.4) is 0 Å². The summed E-state index contributed by atoms with van der Waals surface area (Å²) < 4.78 is 11.3. The van der Waals surface area contributed by atoms with Gasteiger partial charge in [0.25, 0.3) is 0 Å². The molecule has 2 aromatic carbocycles. The molecule has 0 saturated carbocycles.